The van der Waals surface area contributed by atoms with Crippen molar-refractivity contribution in [1.29, 1.82) is 0 Å². The third-order valence-electron chi connectivity index (χ3n) is 3.51. The lowest BCUT2D eigenvalue weighted by Gasteiger charge is -2.43. The van der Waals surface area contributed by atoms with E-state index in [0.717, 1.165) is 43.3 Å². The number of carboxylic acids is 1. The Morgan fingerprint density at radius 2 is 1.50 bits per heavy atom. The summed E-state index contributed by atoms with van der Waals surface area (Å²) in [6.45, 7) is 10.9. The molecule has 0 aliphatic heterocycles. The van der Waals surface area contributed by atoms with Crippen LogP contribution < -0.4 is 0 Å². The zero-order chi connectivity index (χ0) is 12.6. The van der Waals surface area contributed by atoms with Gasteiger partial charge in [-0.05, 0) is 25.7 Å². The Morgan fingerprint density at radius 1 is 1.06 bits per heavy atom. The highest BCUT2D eigenvalue weighted by atomic mass is 16.4. The van der Waals surface area contributed by atoms with Gasteiger partial charge in [-0.25, -0.2) is 4.79 Å². The van der Waals surface area contributed by atoms with E-state index in [1.807, 2.05) is 0 Å². The average molecular weight is 230 g/mol. The van der Waals surface area contributed by atoms with Crippen molar-refractivity contribution in [3.8, 4) is 0 Å². The van der Waals surface area contributed by atoms with E-state index < -0.39 is 5.97 Å². The summed E-state index contributed by atoms with van der Waals surface area (Å²) in [5.74, 6) is -0.659. The van der Waals surface area contributed by atoms with Crippen LogP contribution in [0.5, 0.6) is 0 Å². The van der Waals surface area contributed by atoms with Crippen molar-refractivity contribution in [2.24, 2.45) is 0 Å². The molecule has 0 aliphatic carbocycles. The second-order valence-electron chi connectivity index (χ2n) is 4.69. The topological polar surface area (TPSA) is 37.3 Å². The zero-order valence-corrected chi connectivity index (χ0v) is 11.3. The minimum Gasteiger partial charge on any atom is -0.477 e. The van der Waals surface area contributed by atoms with Crippen LogP contribution in [-0.4, -0.2) is 41.2 Å². The molecule has 0 aromatic rings. The molecule has 3 nitrogen and oxygen atoms in total. The predicted octanol–water partition coefficient (Wildman–Crippen LogP) is 2.90. The number of nitrogens with zero attached hydrogens (tertiary/aromatic N) is 1. The molecule has 0 fully saturated rings. The largest absolute Gasteiger partial charge is 0.477 e. The summed E-state index contributed by atoms with van der Waals surface area (Å²) in [5.41, 5.74) is 0. The molecule has 3 heteroatoms. The quantitative estimate of drug-likeness (QED) is 0.618. The summed E-state index contributed by atoms with van der Waals surface area (Å²) in [4.78, 5) is 11.1. The average Bonchev–Trinajstić information content (AvgIpc) is 2.19. The third kappa shape index (κ3) is 4.12. The molecule has 0 unspecified atom stereocenters. The van der Waals surface area contributed by atoms with Crippen molar-refractivity contribution < 1.29 is 14.4 Å². The Kier molecular flexibility index (Phi) is 7.39. The molecule has 0 aromatic carbocycles. The van der Waals surface area contributed by atoms with E-state index in [2.05, 4.69) is 27.7 Å². The van der Waals surface area contributed by atoms with Crippen LogP contribution in [0.4, 0.5) is 0 Å². The van der Waals surface area contributed by atoms with Crippen LogP contribution in [0.25, 0.3) is 0 Å². The molecule has 0 saturated carbocycles. The first kappa shape index (κ1) is 15.4. The van der Waals surface area contributed by atoms with E-state index in [9.17, 15) is 4.79 Å². The van der Waals surface area contributed by atoms with Gasteiger partial charge in [-0.15, -0.1) is 0 Å². The summed E-state index contributed by atoms with van der Waals surface area (Å²) < 4.78 is 0.773. The first-order chi connectivity index (χ1) is 7.56. The molecule has 1 N–H and O–H groups in total. The van der Waals surface area contributed by atoms with Gasteiger partial charge in [0.1, 0.15) is 0 Å². The van der Waals surface area contributed by atoms with E-state index in [0.29, 0.717) is 6.04 Å². The van der Waals surface area contributed by atoms with Gasteiger partial charge in [0.25, 0.3) is 0 Å². The molecule has 0 spiro atoms. The number of carboxylic acid groups (broad SMARTS) is 1. The standard InChI is InChI=1S/C13H27NO2/c1-5-9-14(10-6-2,11-13(15)16)12(7-3)8-4/h12H,5-11H2,1-4H3/p+1. The lowest BCUT2D eigenvalue weighted by atomic mass is 10.0. The van der Waals surface area contributed by atoms with Gasteiger partial charge >= 0.3 is 5.97 Å². The molecule has 0 saturated heterocycles. The Morgan fingerprint density at radius 3 is 1.75 bits per heavy atom. The number of quaternary nitrogens is 1. The predicted molar refractivity (Wildman–Crippen MR) is 67.4 cm³/mol. The third-order valence-corrected chi connectivity index (χ3v) is 3.51. The molecule has 0 radical (unpaired) electrons. The van der Waals surface area contributed by atoms with Crippen LogP contribution in [-0.2, 0) is 4.79 Å². The van der Waals surface area contributed by atoms with E-state index in [4.69, 9.17) is 5.11 Å². The molecule has 0 heterocycles. The van der Waals surface area contributed by atoms with Crippen molar-refractivity contribution in [2.75, 3.05) is 19.6 Å². The highest BCUT2D eigenvalue weighted by Crippen LogP contribution is 2.21. The van der Waals surface area contributed by atoms with Crippen LogP contribution in [0.3, 0.4) is 0 Å². The smallest absolute Gasteiger partial charge is 0.359 e. The highest BCUT2D eigenvalue weighted by Gasteiger charge is 2.35. The SMILES string of the molecule is CCC[N+](CCC)(CC(=O)O)C(CC)CC. The highest BCUT2D eigenvalue weighted by molar-refractivity contribution is 5.68. The Bertz CT molecular complexity index is 194. The van der Waals surface area contributed by atoms with Gasteiger partial charge in [-0.2, -0.15) is 0 Å². The van der Waals surface area contributed by atoms with Gasteiger partial charge in [0, 0.05) is 0 Å². The molecule has 0 atom stereocenters. The zero-order valence-electron chi connectivity index (χ0n) is 11.3. The number of aliphatic carboxylic acids is 1. The summed E-state index contributed by atoms with van der Waals surface area (Å²) in [6, 6.07) is 0.496. The van der Waals surface area contributed by atoms with Gasteiger partial charge in [0.05, 0.1) is 19.1 Å². The van der Waals surface area contributed by atoms with E-state index >= 15 is 0 Å². The molecule has 0 rings (SSSR count). The molecule has 0 bridgehead atoms. The van der Waals surface area contributed by atoms with Crippen LogP contribution >= 0.6 is 0 Å². The summed E-state index contributed by atoms with van der Waals surface area (Å²) >= 11 is 0. The van der Waals surface area contributed by atoms with Crippen molar-refractivity contribution in [3.05, 3.63) is 0 Å². The van der Waals surface area contributed by atoms with Gasteiger partial charge in [0.2, 0.25) is 0 Å². The maximum Gasteiger partial charge on any atom is 0.359 e. The summed E-state index contributed by atoms with van der Waals surface area (Å²) in [5, 5.41) is 9.13. The fraction of sp³-hybridized carbons (Fsp3) is 0.923. The molecular formula is C13H28NO2+. The van der Waals surface area contributed by atoms with Crippen molar-refractivity contribution in [1.82, 2.24) is 0 Å². The Hall–Kier alpha value is -0.570. The van der Waals surface area contributed by atoms with Crippen LogP contribution in [0.2, 0.25) is 0 Å². The maximum atomic E-state index is 11.1. The Balaban J connectivity index is 4.95. The van der Waals surface area contributed by atoms with Gasteiger partial charge in [-0.1, -0.05) is 27.7 Å². The lowest BCUT2D eigenvalue weighted by Crippen LogP contribution is -2.58. The van der Waals surface area contributed by atoms with E-state index in [-0.39, 0.29) is 6.54 Å². The lowest BCUT2D eigenvalue weighted by molar-refractivity contribution is -0.945. The monoisotopic (exact) mass is 230 g/mol. The molecule has 0 amide bonds. The van der Waals surface area contributed by atoms with E-state index in [1.165, 1.54) is 0 Å². The number of hydrogen-bond acceptors (Lipinski definition) is 1. The van der Waals surface area contributed by atoms with Crippen molar-refractivity contribution in [3.63, 3.8) is 0 Å². The van der Waals surface area contributed by atoms with Gasteiger partial charge < -0.3 is 9.59 Å². The molecular weight excluding hydrogens is 202 g/mol. The van der Waals surface area contributed by atoms with Gasteiger partial charge in [-0.3, -0.25) is 0 Å². The molecule has 0 aromatic heterocycles. The minimum atomic E-state index is -0.659. The maximum absolute atomic E-state index is 11.1. The second-order valence-corrected chi connectivity index (χ2v) is 4.69. The van der Waals surface area contributed by atoms with Crippen molar-refractivity contribution in [2.45, 2.75) is 59.4 Å². The van der Waals surface area contributed by atoms with Crippen LogP contribution in [0.15, 0.2) is 0 Å². The second kappa shape index (κ2) is 7.66. The fourth-order valence-electron chi connectivity index (χ4n) is 2.99. The van der Waals surface area contributed by atoms with E-state index in [1.54, 1.807) is 0 Å². The fourth-order valence-corrected chi connectivity index (χ4v) is 2.99. The van der Waals surface area contributed by atoms with Crippen LogP contribution in [0, 0.1) is 0 Å². The molecule has 16 heavy (non-hydrogen) atoms. The van der Waals surface area contributed by atoms with Crippen molar-refractivity contribution >= 4 is 5.97 Å². The molecule has 96 valence electrons. The van der Waals surface area contributed by atoms with Crippen LogP contribution in [0.1, 0.15) is 53.4 Å². The van der Waals surface area contributed by atoms with Gasteiger partial charge in [0.15, 0.2) is 6.54 Å². The normalized spacial score (nSPS) is 12.1. The number of hydrogen-bond donors (Lipinski definition) is 1. The number of rotatable bonds is 9. The summed E-state index contributed by atoms with van der Waals surface area (Å²) in [6.07, 6.45) is 4.26. The first-order valence-corrected chi connectivity index (χ1v) is 6.63. The molecule has 0 aliphatic rings. The Labute approximate surface area is 100 Å². The number of carbonyl (C=O) groups is 1. The minimum absolute atomic E-state index is 0.286. The summed E-state index contributed by atoms with van der Waals surface area (Å²) in [7, 11) is 0. The first-order valence-electron chi connectivity index (χ1n) is 6.63.